The van der Waals surface area contributed by atoms with Gasteiger partial charge in [-0.3, -0.25) is 5.43 Å². The molecule has 1 aliphatic rings. The molecule has 0 radical (unpaired) electrons. The van der Waals surface area contributed by atoms with Crippen LogP contribution < -0.4 is 16.5 Å². The van der Waals surface area contributed by atoms with Gasteiger partial charge in [-0.1, -0.05) is 29.8 Å². The predicted octanol–water partition coefficient (Wildman–Crippen LogP) is 2.05. The minimum Gasteiger partial charge on any atom is -0.369 e. The lowest BCUT2D eigenvalue weighted by Gasteiger charge is -2.16. The Balaban J connectivity index is 1.66. The van der Waals surface area contributed by atoms with Crippen molar-refractivity contribution in [2.24, 2.45) is 0 Å². The first-order valence-corrected chi connectivity index (χ1v) is 8.14. The van der Waals surface area contributed by atoms with Crippen LogP contribution in [0.15, 0.2) is 30.5 Å². The van der Waals surface area contributed by atoms with Gasteiger partial charge in [-0.2, -0.15) is 4.98 Å². The summed E-state index contributed by atoms with van der Waals surface area (Å²) < 4.78 is 0. The number of anilines is 2. The van der Waals surface area contributed by atoms with Gasteiger partial charge in [-0.25, -0.2) is 9.99 Å². The lowest BCUT2D eigenvalue weighted by Crippen LogP contribution is -2.32. The second kappa shape index (κ2) is 7.39. The Morgan fingerprint density at radius 3 is 3.09 bits per heavy atom. The molecule has 0 aliphatic carbocycles. The minimum atomic E-state index is 0.296. The zero-order valence-corrected chi connectivity index (χ0v) is 13.5. The molecule has 122 valence electrons. The van der Waals surface area contributed by atoms with E-state index in [0.29, 0.717) is 5.95 Å². The van der Waals surface area contributed by atoms with Gasteiger partial charge in [0.25, 0.3) is 0 Å². The number of nitrogens with two attached hydrogens (primary N) is 1. The average molecular weight is 312 g/mol. The van der Waals surface area contributed by atoms with Crippen molar-refractivity contribution in [3.8, 4) is 11.1 Å². The second-order valence-electron chi connectivity index (χ2n) is 5.89. The summed E-state index contributed by atoms with van der Waals surface area (Å²) in [4.78, 5) is 8.52. The normalized spacial score (nSPS) is 15.0. The van der Waals surface area contributed by atoms with Crippen molar-refractivity contribution in [2.45, 2.75) is 19.8 Å². The monoisotopic (exact) mass is 312 g/mol. The van der Waals surface area contributed by atoms with Crippen LogP contribution >= 0.6 is 0 Å². The van der Waals surface area contributed by atoms with Gasteiger partial charge in [0.1, 0.15) is 5.82 Å². The summed E-state index contributed by atoms with van der Waals surface area (Å²) in [5.74, 6) is 1.10. The molecule has 0 atom stereocenters. The molecule has 1 aromatic carbocycles. The van der Waals surface area contributed by atoms with Gasteiger partial charge < -0.3 is 11.1 Å². The van der Waals surface area contributed by atoms with E-state index in [0.717, 1.165) is 49.5 Å². The number of rotatable bonds is 6. The zero-order valence-electron chi connectivity index (χ0n) is 13.5. The number of nitrogens with zero attached hydrogens (tertiary/aromatic N) is 3. The van der Waals surface area contributed by atoms with Crippen LogP contribution in [0.5, 0.6) is 0 Å². The molecule has 0 amide bonds. The predicted molar refractivity (Wildman–Crippen MR) is 93.9 cm³/mol. The van der Waals surface area contributed by atoms with Crippen LogP contribution in [0.4, 0.5) is 11.8 Å². The molecule has 6 heteroatoms. The molecule has 2 aromatic rings. The van der Waals surface area contributed by atoms with Crippen molar-refractivity contribution < 1.29 is 0 Å². The fraction of sp³-hybridized carbons (Fsp3) is 0.412. The van der Waals surface area contributed by atoms with Crippen molar-refractivity contribution in [3.63, 3.8) is 0 Å². The highest BCUT2D eigenvalue weighted by atomic mass is 15.5. The Bertz CT molecular complexity index is 651. The summed E-state index contributed by atoms with van der Waals surface area (Å²) in [7, 11) is 0. The van der Waals surface area contributed by atoms with Gasteiger partial charge in [-0.05, 0) is 25.3 Å². The molecule has 3 rings (SSSR count). The Morgan fingerprint density at radius 2 is 2.30 bits per heavy atom. The van der Waals surface area contributed by atoms with Crippen LogP contribution in [0.3, 0.4) is 0 Å². The first kappa shape index (κ1) is 15.7. The van der Waals surface area contributed by atoms with E-state index >= 15 is 0 Å². The Labute approximate surface area is 137 Å². The SMILES string of the molecule is Cc1cccc(-c2cnc(N)nc2NCCCN2CCCN2)c1. The number of nitrogens with one attached hydrogen (secondary N) is 2. The number of hydrogen-bond donors (Lipinski definition) is 3. The van der Waals surface area contributed by atoms with E-state index in [1.165, 1.54) is 12.0 Å². The van der Waals surface area contributed by atoms with Crippen LogP contribution in [-0.4, -0.2) is 41.2 Å². The van der Waals surface area contributed by atoms with E-state index in [4.69, 9.17) is 5.73 Å². The molecule has 6 nitrogen and oxygen atoms in total. The van der Waals surface area contributed by atoms with Crippen molar-refractivity contribution in [1.29, 1.82) is 0 Å². The van der Waals surface area contributed by atoms with E-state index in [1.54, 1.807) is 6.20 Å². The van der Waals surface area contributed by atoms with E-state index in [9.17, 15) is 0 Å². The third kappa shape index (κ3) is 4.18. The van der Waals surface area contributed by atoms with Crippen molar-refractivity contribution in [3.05, 3.63) is 36.0 Å². The molecule has 2 heterocycles. The number of nitrogen functional groups attached to an aromatic ring is 1. The maximum Gasteiger partial charge on any atom is 0.221 e. The van der Waals surface area contributed by atoms with Crippen molar-refractivity contribution >= 4 is 11.8 Å². The van der Waals surface area contributed by atoms with Crippen molar-refractivity contribution in [1.82, 2.24) is 20.4 Å². The molecule has 1 saturated heterocycles. The Hall–Kier alpha value is -2.18. The molecular formula is C17H24N6. The van der Waals surface area contributed by atoms with Crippen LogP contribution in [0.25, 0.3) is 11.1 Å². The van der Waals surface area contributed by atoms with E-state index in [1.807, 2.05) is 6.07 Å². The standard InChI is InChI=1S/C17H24N6/c1-13-5-2-6-14(11-13)15-12-20-17(18)22-16(15)19-7-3-9-23-10-4-8-21-23/h2,5-6,11-12,21H,3-4,7-10H2,1H3,(H3,18,19,20,22). The molecule has 1 fully saturated rings. The zero-order chi connectivity index (χ0) is 16.1. The molecule has 0 bridgehead atoms. The summed E-state index contributed by atoms with van der Waals surface area (Å²) in [6.45, 7) is 6.20. The van der Waals surface area contributed by atoms with Crippen LogP contribution in [0, 0.1) is 6.92 Å². The minimum absolute atomic E-state index is 0.296. The van der Waals surface area contributed by atoms with Gasteiger partial charge in [0, 0.05) is 37.9 Å². The lowest BCUT2D eigenvalue weighted by molar-refractivity contribution is 0.253. The fourth-order valence-corrected chi connectivity index (χ4v) is 2.81. The molecule has 4 N–H and O–H groups in total. The molecule has 0 saturated carbocycles. The van der Waals surface area contributed by atoms with Gasteiger partial charge >= 0.3 is 0 Å². The van der Waals surface area contributed by atoms with Gasteiger partial charge in [-0.15, -0.1) is 0 Å². The summed E-state index contributed by atoms with van der Waals surface area (Å²) >= 11 is 0. The topological polar surface area (TPSA) is 79.1 Å². The smallest absolute Gasteiger partial charge is 0.221 e. The first-order chi connectivity index (χ1) is 11.2. The fourth-order valence-electron chi connectivity index (χ4n) is 2.81. The molecular weight excluding hydrogens is 288 g/mol. The molecule has 1 aliphatic heterocycles. The second-order valence-corrected chi connectivity index (χ2v) is 5.89. The largest absolute Gasteiger partial charge is 0.369 e. The third-order valence-corrected chi connectivity index (χ3v) is 3.97. The maximum absolute atomic E-state index is 5.76. The summed E-state index contributed by atoms with van der Waals surface area (Å²) in [5, 5.41) is 5.69. The third-order valence-electron chi connectivity index (χ3n) is 3.97. The van der Waals surface area contributed by atoms with Crippen LogP contribution in [0.2, 0.25) is 0 Å². The lowest BCUT2D eigenvalue weighted by atomic mass is 10.1. The van der Waals surface area contributed by atoms with Crippen LogP contribution in [0.1, 0.15) is 18.4 Å². The quantitative estimate of drug-likeness (QED) is 0.709. The van der Waals surface area contributed by atoms with E-state index in [-0.39, 0.29) is 0 Å². The summed E-state index contributed by atoms with van der Waals surface area (Å²) in [5.41, 5.74) is 12.4. The summed E-state index contributed by atoms with van der Waals surface area (Å²) in [6, 6.07) is 8.33. The Morgan fingerprint density at radius 1 is 1.39 bits per heavy atom. The number of hydrazine groups is 1. The first-order valence-electron chi connectivity index (χ1n) is 8.14. The molecule has 0 spiro atoms. The Kier molecular flexibility index (Phi) is 5.05. The van der Waals surface area contributed by atoms with Crippen LogP contribution in [-0.2, 0) is 0 Å². The molecule has 0 unspecified atom stereocenters. The summed E-state index contributed by atoms with van der Waals surface area (Å²) in [6.07, 6.45) is 4.07. The number of hydrogen-bond acceptors (Lipinski definition) is 6. The van der Waals surface area contributed by atoms with Crippen molar-refractivity contribution in [2.75, 3.05) is 37.2 Å². The highest BCUT2D eigenvalue weighted by Crippen LogP contribution is 2.26. The van der Waals surface area contributed by atoms with Gasteiger partial charge in [0.15, 0.2) is 0 Å². The molecule has 1 aromatic heterocycles. The molecule has 23 heavy (non-hydrogen) atoms. The number of aromatic nitrogens is 2. The van der Waals surface area contributed by atoms with Gasteiger partial charge in [0.2, 0.25) is 5.95 Å². The number of aryl methyl sites for hydroxylation is 1. The average Bonchev–Trinajstić information content (AvgIpc) is 3.05. The van der Waals surface area contributed by atoms with E-state index in [2.05, 4.69) is 50.8 Å². The van der Waals surface area contributed by atoms with E-state index < -0.39 is 0 Å². The highest BCUT2D eigenvalue weighted by molar-refractivity contribution is 5.75. The maximum atomic E-state index is 5.76. The number of benzene rings is 1. The highest BCUT2D eigenvalue weighted by Gasteiger charge is 2.11. The van der Waals surface area contributed by atoms with Gasteiger partial charge in [0.05, 0.1) is 0 Å².